The first-order valence-electron chi connectivity index (χ1n) is 4.46. The fourth-order valence-electron chi connectivity index (χ4n) is 1.48. The molecular weight excluding hydrogens is 176 g/mol. The molecule has 0 unspecified atom stereocenters. The number of nitrogen functional groups attached to an aromatic ring is 1. The van der Waals surface area contributed by atoms with Crippen molar-refractivity contribution in [2.24, 2.45) is 0 Å². The Hall–Kier alpha value is -1.77. The van der Waals surface area contributed by atoms with Crippen molar-refractivity contribution in [1.82, 2.24) is 5.16 Å². The molecule has 2 N–H and O–H groups in total. The molecule has 1 aromatic carbocycles. The fourth-order valence-corrected chi connectivity index (χ4v) is 1.48. The van der Waals surface area contributed by atoms with Gasteiger partial charge in [0.1, 0.15) is 0 Å². The molecule has 0 fully saturated rings. The van der Waals surface area contributed by atoms with Gasteiger partial charge in [0.25, 0.3) is 0 Å². The van der Waals surface area contributed by atoms with Gasteiger partial charge in [0.05, 0.1) is 11.8 Å². The molecule has 0 saturated carbocycles. The van der Waals surface area contributed by atoms with Gasteiger partial charge in [-0.05, 0) is 25.0 Å². The molecule has 0 bridgehead atoms. The molecule has 1 aromatic heterocycles. The van der Waals surface area contributed by atoms with Crippen LogP contribution in [0.5, 0.6) is 0 Å². The third-order valence-corrected chi connectivity index (χ3v) is 2.28. The van der Waals surface area contributed by atoms with E-state index >= 15 is 0 Å². The summed E-state index contributed by atoms with van der Waals surface area (Å²) in [4.78, 5) is 0. The molecule has 3 heteroatoms. The van der Waals surface area contributed by atoms with Gasteiger partial charge in [0.15, 0.2) is 0 Å². The van der Waals surface area contributed by atoms with Crippen molar-refractivity contribution < 1.29 is 4.52 Å². The van der Waals surface area contributed by atoms with Gasteiger partial charge >= 0.3 is 0 Å². The van der Waals surface area contributed by atoms with Crippen LogP contribution < -0.4 is 5.73 Å². The number of anilines is 1. The molecule has 2 aromatic rings. The topological polar surface area (TPSA) is 52.0 Å². The molecule has 0 aliphatic rings. The van der Waals surface area contributed by atoms with Crippen molar-refractivity contribution in [2.45, 2.75) is 13.8 Å². The smallest absolute Gasteiger partial charge is 0.229 e. The largest absolute Gasteiger partial charge is 0.367 e. The lowest BCUT2D eigenvalue weighted by Crippen LogP contribution is -1.88. The lowest BCUT2D eigenvalue weighted by molar-refractivity contribution is 0.436. The van der Waals surface area contributed by atoms with E-state index in [-0.39, 0.29) is 0 Å². The zero-order chi connectivity index (χ0) is 10.1. The van der Waals surface area contributed by atoms with Crippen LogP contribution in [0.3, 0.4) is 0 Å². The minimum absolute atomic E-state index is 0.374. The Kier molecular flexibility index (Phi) is 2.00. The van der Waals surface area contributed by atoms with Gasteiger partial charge in [0.2, 0.25) is 5.88 Å². The Morgan fingerprint density at radius 1 is 1.21 bits per heavy atom. The summed E-state index contributed by atoms with van der Waals surface area (Å²) in [5.41, 5.74) is 9.99. The van der Waals surface area contributed by atoms with Crippen molar-refractivity contribution in [3.63, 3.8) is 0 Å². The van der Waals surface area contributed by atoms with Gasteiger partial charge in [-0.3, -0.25) is 0 Å². The van der Waals surface area contributed by atoms with Crippen LogP contribution >= 0.6 is 0 Å². The molecule has 0 saturated heterocycles. The monoisotopic (exact) mass is 188 g/mol. The summed E-state index contributed by atoms with van der Waals surface area (Å²) in [7, 11) is 0. The van der Waals surface area contributed by atoms with E-state index in [1.807, 2.05) is 13.8 Å². The van der Waals surface area contributed by atoms with E-state index in [4.69, 9.17) is 10.3 Å². The lowest BCUT2D eigenvalue weighted by Gasteiger charge is -2.04. The highest BCUT2D eigenvalue weighted by Crippen LogP contribution is 2.28. The lowest BCUT2D eigenvalue weighted by atomic mass is 10.0. The van der Waals surface area contributed by atoms with Crippen molar-refractivity contribution in [1.29, 1.82) is 0 Å². The standard InChI is InChI=1S/C11H12N2O/c1-7-3-4-8(2)9(5-7)10-6-13-14-11(10)12/h3-6H,12H2,1-2H3. The van der Waals surface area contributed by atoms with Gasteiger partial charge in [-0.25, -0.2) is 0 Å². The highest BCUT2D eigenvalue weighted by atomic mass is 16.5. The second-order valence-electron chi connectivity index (χ2n) is 3.42. The molecular formula is C11H12N2O. The van der Waals surface area contributed by atoms with E-state index in [2.05, 4.69) is 23.4 Å². The summed E-state index contributed by atoms with van der Waals surface area (Å²) in [5.74, 6) is 0.374. The first-order chi connectivity index (χ1) is 6.68. The maximum absolute atomic E-state index is 5.66. The van der Waals surface area contributed by atoms with Crippen LogP contribution in [0, 0.1) is 13.8 Å². The van der Waals surface area contributed by atoms with Gasteiger partial charge in [-0.1, -0.05) is 28.9 Å². The number of aryl methyl sites for hydroxylation is 2. The molecule has 0 amide bonds. The average Bonchev–Trinajstić information content (AvgIpc) is 2.56. The summed E-state index contributed by atoms with van der Waals surface area (Å²) in [6, 6.07) is 6.22. The molecule has 0 radical (unpaired) electrons. The highest BCUT2D eigenvalue weighted by molar-refractivity contribution is 5.74. The van der Waals surface area contributed by atoms with E-state index in [9.17, 15) is 0 Å². The quantitative estimate of drug-likeness (QED) is 0.748. The van der Waals surface area contributed by atoms with E-state index in [1.54, 1.807) is 6.20 Å². The summed E-state index contributed by atoms with van der Waals surface area (Å²) < 4.78 is 4.84. The zero-order valence-corrected chi connectivity index (χ0v) is 8.24. The third-order valence-electron chi connectivity index (χ3n) is 2.28. The summed E-state index contributed by atoms with van der Waals surface area (Å²) >= 11 is 0. The molecule has 0 atom stereocenters. The third kappa shape index (κ3) is 1.37. The fraction of sp³-hybridized carbons (Fsp3) is 0.182. The van der Waals surface area contributed by atoms with Crippen LogP contribution in [-0.4, -0.2) is 5.16 Å². The second-order valence-corrected chi connectivity index (χ2v) is 3.42. The van der Waals surface area contributed by atoms with E-state index in [0.717, 1.165) is 11.1 Å². The summed E-state index contributed by atoms with van der Waals surface area (Å²) in [6.07, 6.45) is 1.65. The van der Waals surface area contributed by atoms with Gasteiger partial charge in [-0.2, -0.15) is 0 Å². The molecule has 0 aliphatic heterocycles. The van der Waals surface area contributed by atoms with Crippen LogP contribution in [-0.2, 0) is 0 Å². The maximum Gasteiger partial charge on any atom is 0.229 e. The Morgan fingerprint density at radius 2 is 2.00 bits per heavy atom. The van der Waals surface area contributed by atoms with Gasteiger partial charge in [-0.15, -0.1) is 0 Å². The average molecular weight is 188 g/mol. The van der Waals surface area contributed by atoms with Crippen LogP contribution in [0.1, 0.15) is 11.1 Å². The predicted octanol–water partition coefficient (Wildman–Crippen LogP) is 2.54. The molecule has 72 valence electrons. The Labute approximate surface area is 82.5 Å². The van der Waals surface area contributed by atoms with Gasteiger partial charge in [0, 0.05) is 0 Å². The first-order valence-corrected chi connectivity index (χ1v) is 4.46. The number of rotatable bonds is 1. The minimum Gasteiger partial charge on any atom is -0.367 e. The number of nitrogens with zero attached hydrogens (tertiary/aromatic N) is 1. The van der Waals surface area contributed by atoms with Crippen molar-refractivity contribution >= 4 is 5.88 Å². The number of nitrogens with two attached hydrogens (primary N) is 1. The van der Waals surface area contributed by atoms with E-state index < -0.39 is 0 Å². The number of aromatic nitrogens is 1. The van der Waals surface area contributed by atoms with E-state index in [1.165, 1.54) is 11.1 Å². The maximum atomic E-state index is 5.66. The first kappa shape index (κ1) is 8.81. The molecule has 14 heavy (non-hydrogen) atoms. The Morgan fingerprint density at radius 3 is 2.64 bits per heavy atom. The Balaban J connectivity index is 2.62. The highest BCUT2D eigenvalue weighted by Gasteiger charge is 2.09. The summed E-state index contributed by atoms with van der Waals surface area (Å²) in [6.45, 7) is 4.09. The van der Waals surface area contributed by atoms with Crippen molar-refractivity contribution in [3.05, 3.63) is 35.5 Å². The number of hydrogen-bond acceptors (Lipinski definition) is 3. The van der Waals surface area contributed by atoms with Crippen LogP contribution in [0.2, 0.25) is 0 Å². The molecule has 0 aliphatic carbocycles. The van der Waals surface area contributed by atoms with Crippen LogP contribution in [0.15, 0.2) is 28.9 Å². The molecule has 2 rings (SSSR count). The summed E-state index contributed by atoms with van der Waals surface area (Å²) in [5, 5.41) is 3.67. The molecule has 1 heterocycles. The van der Waals surface area contributed by atoms with Crippen molar-refractivity contribution in [2.75, 3.05) is 5.73 Å². The Bertz CT molecular complexity index is 460. The predicted molar refractivity (Wildman–Crippen MR) is 55.8 cm³/mol. The SMILES string of the molecule is Cc1ccc(C)c(-c2cnoc2N)c1. The number of hydrogen-bond donors (Lipinski definition) is 1. The normalized spacial score (nSPS) is 10.4. The second kappa shape index (κ2) is 3.18. The molecule has 3 nitrogen and oxygen atoms in total. The minimum atomic E-state index is 0.374. The zero-order valence-electron chi connectivity index (χ0n) is 8.24. The van der Waals surface area contributed by atoms with Crippen LogP contribution in [0.25, 0.3) is 11.1 Å². The van der Waals surface area contributed by atoms with Crippen LogP contribution in [0.4, 0.5) is 5.88 Å². The van der Waals surface area contributed by atoms with Crippen molar-refractivity contribution in [3.8, 4) is 11.1 Å². The van der Waals surface area contributed by atoms with Gasteiger partial charge < -0.3 is 10.3 Å². The number of benzene rings is 1. The van der Waals surface area contributed by atoms with E-state index in [0.29, 0.717) is 5.88 Å². The molecule has 0 spiro atoms.